The highest BCUT2D eigenvalue weighted by Crippen LogP contribution is 2.39. The number of aromatic amines is 1. The molecule has 3 N–H and O–H groups in total. The van der Waals surface area contributed by atoms with Gasteiger partial charge < -0.3 is 10.6 Å². The van der Waals surface area contributed by atoms with Crippen molar-refractivity contribution in [2.24, 2.45) is 5.92 Å². The molecule has 3 rings (SSSR count). The molecule has 2 saturated carbocycles. The number of aromatic nitrogens is 2. The van der Waals surface area contributed by atoms with Crippen LogP contribution in [-0.4, -0.2) is 45.5 Å². The van der Waals surface area contributed by atoms with E-state index in [0.717, 1.165) is 25.7 Å². The Kier molecular flexibility index (Phi) is 6.82. The first-order valence-corrected chi connectivity index (χ1v) is 11.1. The van der Waals surface area contributed by atoms with Crippen LogP contribution in [0.25, 0.3) is 0 Å². The van der Waals surface area contributed by atoms with E-state index in [4.69, 9.17) is 5.73 Å². The monoisotopic (exact) mass is 405 g/mol. The molecule has 2 aliphatic carbocycles. The maximum absolute atomic E-state index is 13.4. The maximum Gasteiger partial charge on any atom is 0.330 e. The third-order valence-electron chi connectivity index (χ3n) is 6.13. The summed E-state index contributed by atoms with van der Waals surface area (Å²) < 4.78 is 1.36. The number of nitrogens with zero attached hydrogens (tertiary/aromatic N) is 3. The third kappa shape index (κ3) is 4.91. The summed E-state index contributed by atoms with van der Waals surface area (Å²) in [5, 5.41) is 0. The summed E-state index contributed by atoms with van der Waals surface area (Å²) in [5.74, 6) is 0.641. The Labute approximate surface area is 172 Å². The first-order valence-electron chi connectivity index (χ1n) is 11.1. The molecule has 0 saturated heterocycles. The fourth-order valence-corrected chi connectivity index (χ4v) is 4.06. The number of hydrogen-bond acceptors (Lipinski definition) is 5. The number of nitrogens with one attached hydrogen (secondary N) is 1. The van der Waals surface area contributed by atoms with Crippen LogP contribution in [0.5, 0.6) is 0 Å². The zero-order valence-corrected chi connectivity index (χ0v) is 17.9. The van der Waals surface area contributed by atoms with Crippen molar-refractivity contribution in [3.05, 3.63) is 20.8 Å². The molecule has 0 aromatic carbocycles. The summed E-state index contributed by atoms with van der Waals surface area (Å²) in [7, 11) is 0. The van der Waals surface area contributed by atoms with Crippen molar-refractivity contribution < 1.29 is 4.79 Å². The van der Waals surface area contributed by atoms with Gasteiger partial charge in [-0.1, -0.05) is 20.3 Å². The lowest BCUT2D eigenvalue weighted by atomic mass is 10.1. The van der Waals surface area contributed by atoms with Gasteiger partial charge in [0.15, 0.2) is 5.69 Å². The molecule has 1 heterocycles. The van der Waals surface area contributed by atoms with Gasteiger partial charge in [0.25, 0.3) is 5.56 Å². The van der Waals surface area contributed by atoms with Gasteiger partial charge in [0.1, 0.15) is 5.82 Å². The van der Waals surface area contributed by atoms with Crippen LogP contribution >= 0.6 is 0 Å². The molecule has 0 bridgehead atoms. The van der Waals surface area contributed by atoms with Crippen molar-refractivity contribution in [3.8, 4) is 0 Å². The average Bonchev–Trinajstić information content (AvgIpc) is 3.56. The Morgan fingerprint density at radius 3 is 2.45 bits per heavy atom. The smallest absolute Gasteiger partial charge is 0.330 e. The van der Waals surface area contributed by atoms with Gasteiger partial charge in [0.2, 0.25) is 5.91 Å². The zero-order chi connectivity index (χ0) is 21.1. The Balaban J connectivity index is 1.91. The molecule has 1 atom stereocenters. The quantitative estimate of drug-likeness (QED) is 0.585. The molecule has 2 aliphatic rings. The summed E-state index contributed by atoms with van der Waals surface area (Å²) >= 11 is 0. The number of H-pyrrole nitrogens is 1. The van der Waals surface area contributed by atoms with Crippen molar-refractivity contribution in [2.75, 3.05) is 23.7 Å². The summed E-state index contributed by atoms with van der Waals surface area (Å²) in [4.78, 5) is 44.4. The number of rotatable bonds is 11. The standard InChI is InChI=1S/C21H35N5O3/c1-4-6-12-24(18-19(22)25(11-5-2)21(29)23-20(18)28)17(27)13-26(16-9-10-16)14(3)15-7-8-15/h14-16H,4-13,22H2,1-3H3,(H,23,28,29). The molecule has 0 aliphatic heterocycles. The van der Waals surface area contributed by atoms with Crippen molar-refractivity contribution >= 4 is 17.4 Å². The van der Waals surface area contributed by atoms with Crippen LogP contribution in [0.1, 0.15) is 65.7 Å². The second kappa shape index (κ2) is 9.15. The molecule has 8 heteroatoms. The van der Waals surface area contributed by atoms with Gasteiger partial charge in [-0.05, 0) is 51.4 Å². The Hall–Kier alpha value is -2.09. The second-order valence-electron chi connectivity index (χ2n) is 8.53. The minimum Gasteiger partial charge on any atom is -0.383 e. The fraction of sp³-hybridized carbons (Fsp3) is 0.762. The van der Waals surface area contributed by atoms with Gasteiger partial charge in [-0.2, -0.15) is 0 Å². The largest absolute Gasteiger partial charge is 0.383 e. The van der Waals surface area contributed by atoms with E-state index in [9.17, 15) is 14.4 Å². The van der Waals surface area contributed by atoms with Crippen molar-refractivity contribution in [3.63, 3.8) is 0 Å². The number of nitrogens with two attached hydrogens (primary N) is 1. The molecule has 29 heavy (non-hydrogen) atoms. The molecular weight excluding hydrogens is 370 g/mol. The van der Waals surface area contributed by atoms with E-state index in [1.807, 2.05) is 13.8 Å². The summed E-state index contributed by atoms with van der Waals surface area (Å²) in [6.07, 6.45) is 7.07. The molecule has 8 nitrogen and oxygen atoms in total. The Bertz CT molecular complexity index is 838. The van der Waals surface area contributed by atoms with Crippen LogP contribution in [0.2, 0.25) is 0 Å². The van der Waals surface area contributed by atoms with Crippen LogP contribution in [0.15, 0.2) is 9.59 Å². The molecule has 162 valence electrons. The normalized spacial score (nSPS) is 17.5. The van der Waals surface area contributed by atoms with Crippen LogP contribution in [-0.2, 0) is 11.3 Å². The lowest BCUT2D eigenvalue weighted by Crippen LogP contribution is -2.48. The van der Waals surface area contributed by atoms with Gasteiger partial charge in [0.05, 0.1) is 6.54 Å². The van der Waals surface area contributed by atoms with Crippen LogP contribution < -0.4 is 21.9 Å². The SMILES string of the molecule is CCCCN(C(=O)CN(C1CC1)C(C)C1CC1)c1c(N)n(CCC)c(=O)[nH]c1=O. The Morgan fingerprint density at radius 2 is 1.90 bits per heavy atom. The van der Waals surface area contributed by atoms with E-state index in [2.05, 4.69) is 16.8 Å². The number of carbonyl (C=O) groups excluding carboxylic acids is 1. The first kappa shape index (κ1) is 21.6. The highest BCUT2D eigenvalue weighted by molar-refractivity contribution is 5.96. The van der Waals surface area contributed by atoms with Crippen molar-refractivity contribution in [1.82, 2.24) is 14.5 Å². The van der Waals surface area contributed by atoms with E-state index in [1.165, 1.54) is 22.3 Å². The average molecular weight is 406 g/mol. The molecule has 1 aromatic heterocycles. The molecule has 0 radical (unpaired) electrons. The van der Waals surface area contributed by atoms with Crippen molar-refractivity contribution in [1.29, 1.82) is 0 Å². The second-order valence-corrected chi connectivity index (χ2v) is 8.53. The van der Waals surface area contributed by atoms with E-state index >= 15 is 0 Å². The van der Waals surface area contributed by atoms with Gasteiger partial charge in [-0.15, -0.1) is 0 Å². The summed E-state index contributed by atoms with van der Waals surface area (Å²) in [5.41, 5.74) is 5.24. The minimum atomic E-state index is -0.586. The van der Waals surface area contributed by atoms with E-state index in [1.54, 1.807) is 0 Å². The minimum absolute atomic E-state index is 0.0817. The fourth-order valence-electron chi connectivity index (χ4n) is 4.06. The van der Waals surface area contributed by atoms with E-state index in [-0.39, 0.29) is 24.0 Å². The maximum atomic E-state index is 13.4. The Morgan fingerprint density at radius 1 is 1.21 bits per heavy atom. The first-order chi connectivity index (χ1) is 13.9. The zero-order valence-electron chi connectivity index (χ0n) is 17.9. The number of nitrogen functional groups attached to an aromatic ring is 1. The highest BCUT2D eigenvalue weighted by Gasteiger charge is 2.40. The lowest BCUT2D eigenvalue weighted by molar-refractivity contribution is -0.120. The molecule has 0 spiro atoms. The number of unbranched alkanes of at least 4 members (excludes halogenated alkanes) is 1. The van der Waals surface area contributed by atoms with Gasteiger partial charge in [-0.3, -0.25) is 24.0 Å². The molecule has 1 unspecified atom stereocenters. The van der Waals surface area contributed by atoms with Crippen molar-refractivity contribution in [2.45, 2.75) is 84.3 Å². The summed E-state index contributed by atoms with van der Waals surface area (Å²) in [6, 6.07) is 0.844. The number of amides is 1. The van der Waals surface area contributed by atoms with E-state index < -0.39 is 11.2 Å². The van der Waals surface area contributed by atoms with E-state index in [0.29, 0.717) is 37.5 Å². The lowest BCUT2D eigenvalue weighted by Gasteiger charge is -2.32. The molecule has 1 aromatic rings. The summed E-state index contributed by atoms with van der Waals surface area (Å²) in [6.45, 7) is 7.30. The van der Waals surface area contributed by atoms with Gasteiger partial charge >= 0.3 is 5.69 Å². The topological polar surface area (TPSA) is 104 Å². The van der Waals surface area contributed by atoms with Crippen LogP contribution in [0.4, 0.5) is 11.5 Å². The molecular formula is C21H35N5O3. The van der Waals surface area contributed by atoms with Crippen LogP contribution in [0.3, 0.4) is 0 Å². The predicted molar refractivity (Wildman–Crippen MR) is 115 cm³/mol. The van der Waals surface area contributed by atoms with Gasteiger partial charge in [-0.25, -0.2) is 4.79 Å². The number of anilines is 2. The third-order valence-corrected chi connectivity index (χ3v) is 6.13. The molecule has 2 fully saturated rings. The predicted octanol–water partition coefficient (Wildman–Crippen LogP) is 1.92. The number of carbonyl (C=O) groups is 1. The van der Waals surface area contributed by atoms with Crippen LogP contribution in [0, 0.1) is 5.92 Å². The molecule has 1 amide bonds. The number of hydrogen-bond donors (Lipinski definition) is 2. The van der Waals surface area contributed by atoms with Gasteiger partial charge in [0, 0.05) is 25.2 Å². The highest BCUT2D eigenvalue weighted by atomic mass is 16.2.